The van der Waals surface area contributed by atoms with E-state index in [-0.39, 0.29) is 4.87 Å². The molecule has 0 bridgehead atoms. The number of alkyl halides is 1. The van der Waals surface area contributed by atoms with Crippen LogP contribution in [0.5, 0.6) is 0 Å². The summed E-state index contributed by atoms with van der Waals surface area (Å²) in [6, 6.07) is 0. The van der Waals surface area contributed by atoms with Crippen molar-refractivity contribution in [3.05, 3.63) is 12.2 Å². The zero-order valence-corrected chi connectivity index (χ0v) is 7.57. The maximum atomic E-state index is 6.02. The molecule has 0 saturated carbocycles. The highest BCUT2D eigenvalue weighted by molar-refractivity contribution is 6.32. The Morgan fingerprint density at radius 3 is 2.60 bits per heavy atom. The summed E-state index contributed by atoms with van der Waals surface area (Å²) in [6.45, 7) is 7.67. The van der Waals surface area contributed by atoms with E-state index >= 15 is 0 Å². The van der Waals surface area contributed by atoms with Crippen molar-refractivity contribution < 1.29 is 0 Å². The Balaban J connectivity index is 3.99. The normalized spacial score (nSPS) is 17.2. The van der Waals surface area contributed by atoms with Gasteiger partial charge >= 0.3 is 0 Å². The fraction of sp³-hybridized carbons (Fsp3) is 0.625. The lowest BCUT2D eigenvalue weighted by Gasteiger charge is -2.15. The van der Waals surface area contributed by atoms with Crippen molar-refractivity contribution in [3.8, 4) is 0 Å². The Bertz CT molecular complexity index is 147. The summed E-state index contributed by atoms with van der Waals surface area (Å²) in [5.41, 5.74) is 1.08. The summed E-state index contributed by atoms with van der Waals surface area (Å²) in [5, 5.41) is 0. The van der Waals surface area contributed by atoms with Crippen LogP contribution in [0.4, 0.5) is 0 Å². The van der Waals surface area contributed by atoms with E-state index in [1.807, 2.05) is 13.8 Å². The van der Waals surface area contributed by atoms with Gasteiger partial charge in [-0.25, -0.2) is 0 Å². The molecule has 0 heterocycles. The van der Waals surface area contributed by atoms with E-state index in [1.165, 1.54) is 0 Å². The van der Waals surface area contributed by atoms with E-state index in [0.717, 1.165) is 12.0 Å². The molecule has 0 amide bonds. The van der Waals surface area contributed by atoms with Gasteiger partial charge < -0.3 is 0 Å². The quantitative estimate of drug-likeness (QED) is 0.341. The molecule has 10 heavy (non-hydrogen) atoms. The highest BCUT2D eigenvalue weighted by Gasteiger charge is 2.16. The molecule has 0 aromatic rings. The molecule has 0 aliphatic rings. The van der Waals surface area contributed by atoms with E-state index in [9.17, 15) is 0 Å². The second-order valence-corrected chi connectivity index (χ2v) is 3.66. The van der Waals surface area contributed by atoms with Gasteiger partial charge in [0, 0.05) is 13.3 Å². The van der Waals surface area contributed by atoms with Crippen molar-refractivity contribution in [2.75, 3.05) is 7.05 Å². The van der Waals surface area contributed by atoms with Crippen LogP contribution < -0.4 is 0 Å². The minimum Gasteiger partial charge on any atom is -0.299 e. The number of halogens is 1. The van der Waals surface area contributed by atoms with E-state index in [1.54, 1.807) is 13.3 Å². The van der Waals surface area contributed by atoms with E-state index in [4.69, 9.17) is 11.6 Å². The molecule has 0 radical (unpaired) electrons. The minimum absolute atomic E-state index is 0.347. The molecule has 0 aromatic carbocycles. The minimum atomic E-state index is -0.347. The Kier molecular flexibility index (Phi) is 3.66. The maximum absolute atomic E-state index is 6.02. The third-order valence-corrected chi connectivity index (χ3v) is 1.28. The van der Waals surface area contributed by atoms with Gasteiger partial charge in [-0.3, -0.25) is 4.99 Å². The number of nitrogens with zero attached hydrogens (tertiary/aromatic N) is 1. The fourth-order valence-electron chi connectivity index (χ4n) is 0.905. The first kappa shape index (κ1) is 9.70. The van der Waals surface area contributed by atoms with Gasteiger partial charge in [0.05, 0.1) is 4.87 Å². The van der Waals surface area contributed by atoms with Gasteiger partial charge in [-0.2, -0.15) is 0 Å². The molecule has 0 aromatic heterocycles. The first-order valence-corrected chi connectivity index (χ1v) is 3.62. The van der Waals surface area contributed by atoms with Gasteiger partial charge in [0.25, 0.3) is 0 Å². The third kappa shape index (κ3) is 4.57. The van der Waals surface area contributed by atoms with Crippen LogP contribution in [0.3, 0.4) is 0 Å². The van der Waals surface area contributed by atoms with Crippen LogP contribution in [0, 0.1) is 0 Å². The van der Waals surface area contributed by atoms with Crippen LogP contribution >= 0.6 is 11.6 Å². The average Bonchev–Trinajstić information content (AvgIpc) is 1.59. The molecule has 0 aliphatic carbocycles. The van der Waals surface area contributed by atoms with Crippen molar-refractivity contribution in [2.24, 2.45) is 4.99 Å². The van der Waals surface area contributed by atoms with Crippen molar-refractivity contribution in [3.63, 3.8) is 0 Å². The topological polar surface area (TPSA) is 12.4 Å². The van der Waals surface area contributed by atoms with Crippen LogP contribution in [-0.4, -0.2) is 18.1 Å². The summed E-state index contributed by atoms with van der Waals surface area (Å²) < 4.78 is 0. The molecule has 58 valence electrons. The van der Waals surface area contributed by atoms with Crippen LogP contribution in [0.25, 0.3) is 0 Å². The smallest absolute Gasteiger partial charge is 0.0800 e. The summed E-state index contributed by atoms with van der Waals surface area (Å²) in [6.07, 6.45) is 2.52. The predicted molar refractivity (Wildman–Crippen MR) is 48.1 cm³/mol. The standard InChI is InChI=1S/C8H14ClN/c1-7(2)5-8(3,9)6-10-4/h6H,1,5H2,2-4H3. The molecule has 1 atom stereocenters. The van der Waals surface area contributed by atoms with Crippen LogP contribution in [0.2, 0.25) is 0 Å². The van der Waals surface area contributed by atoms with Crippen LogP contribution in [-0.2, 0) is 0 Å². The van der Waals surface area contributed by atoms with Crippen LogP contribution in [0.15, 0.2) is 17.1 Å². The molecule has 0 spiro atoms. The molecule has 2 heteroatoms. The summed E-state index contributed by atoms with van der Waals surface area (Å²) in [5.74, 6) is 0. The van der Waals surface area contributed by atoms with Gasteiger partial charge in [-0.15, -0.1) is 18.2 Å². The second-order valence-electron chi connectivity index (χ2n) is 2.80. The third-order valence-electron chi connectivity index (χ3n) is 1.05. The lowest BCUT2D eigenvalue weighted by molar-refractivity contribution is 0.817. The lowest BCUT2D eigenvalue weighted by atomic mass is 10.0. The van der Waals surface area contributed by atoms with Gasteiger partial charge in [0.2, 0.25) is 0 Å². The van der Waals surface area contributed by atoms with Gasteiger partial charge in [-0.1, -0.05) is 5.57 Å². The molecule has 0 rings (SSSR count). The summed E-state index contributed by atoms with van der Waals surface area (Å²) in [4.78, 5) is 3.52. The van der Waals surface area contributed by atoms with E-state index in [0.29, 0.717) is 0 Å². The Morgan fingerprint density at radius 1 is 1.80 bits per heavy atom. The lowest BCUT2D eigenvalue weighted by Crippen LogP contribution is -2.18. The summed E-state index contributed by atoms with van der Waals surface area (Å²) in [7, 11) is 1.72. The van der Waals surface area contributed by atoms with Crippen molar-refractivity contribution in [1.82, 2.24) is 0 Å². The van der Waals surface area contributed by atoms with Gasteiger partial charge in [-0.05, 0) is 20.3 Å². The molecular formula is C8H14ClN. The predicted octanol–water partition coefficient (Wildman–Crippen LogP) is 2.65. The Labute approximate surface area is 67.8 Å². The largest absolute Gasteiger partial charge is 0.299 e. The number of rotatable bonds is 3. The molecule has 0 aliphatic heterocycles. The highest BCUT2D eigenvalue weighted by atomic mass is 35.5. The maximum Gasteiger partial charge on any atom is 0.0800 e. The second kappa shape index (κ2) is 3.77. The van der Waals surface area contributed by atoms with Crippen LogP contribution in [0.1, 0.15) is 20.3 Å². The first-order chi connectivity index (χ1) is 4.48. The molecular weight excluding hydrogens is 146 g/mol. The zero-order chi connectivity index (χ0) is 8.20. The molecule has 0 fully saturated rings. The number of hydrogen-bond donors (Lipinski definition) is 0. The summed E-state index contributed by atoms with van der Waals surface area (Å²) >= 11 is 6.02. The number of hydrogen-bond acceptors (Lipinski definition) is 1. The van der Waals surface area contributed by atoms with Crippen molar-refractivity contribution >= 4 is 17.8 Å². The van der Waals surface area contributed by atoms with Gasteiger partial charge in [0.15, 0.2) is 0 Å². The van der Waals surface area contributed by atoms with Crippen molar-refractivity contribution in [2.45, 2.75) is 25.1 Å². The fourth-order valence-corrected chi connectivity index (χ4v) is 1.23. The average molecular weight is 160 g/mol. The Hall–Kier alpha value is -0.300. The Morgan fingerprint density at radius 2 is 2.30 bits per heavy atom. The number of aliphatic imine (C=N–C) groups is 1. The SMILES string of the molecule is C=C(C)CC(C)(Cl)C=NC. The molecule has 0 saturated heterocycles. The van der Waals surface area contributed by atoms with E-state index in [2.05, 4.69) is 11.6 Å². The monoisotopic (exact) mass is 159 g/mol. The number of allylic oxidation sites excluding steroid dienone is 1. The van der Waals surface area contributed by atoms with Gasteiger partial charge in [0.1, 0.15) is 0 Å². The first-order valence-electron chi connectivity index (χ1n) is 3.24. The molecule has 1 unspecified atom stereocenters. The van der Waals surface area contributed by atoms with E-state index < -0.39 is 0 Å². The van der Waals surface area contributed by atoms with Crippen molar-refractivity contribution in [1.29, 1.82) is 0 Å². The molecule has 1 nitrogen and oxygen atoms in total. The molecule has 0 N–H and O–H groups in total. The zero-order valence-electron chi connectivity index (χ0n) is 6.82. The highest BCUT2D eigenvalue weighted by Crippen LogP contribution is 2.20.